The Hall–Kier alpha value is -1.49. The quantitative estimate of drug-likeness (QED) is 0.598. The second-order valence-corrected chi connectivity index (χ2v) is 5.40. The Morgan fingerprint density at radius 1 is 1.45 bits per heavy atom. The van der Waals surface area contributed by atoms with Gasteiger partial charge < -0.3 is 14.4 Å². The number of anilines is 1. The van der Waals surface area contributed by atoms with E-state index in [1.807, 2.05) is 31.0 Å². The molecule has 0 aromatic heterocycles. The molecule has 1 aliphatic rings. The molecule has 0 saturated carbocycles. The first-order chi connectivity index (χ1) is 9.34. The lowest BCUT2D eigenvalue weighted by molar-refractivity contribution is -0.173. The molecule has 5 heteroatoms. The number of likely N-dealkylation sites (N-methyl/N-ethyl adjacent to an activating group) is 1. The van der Waals surface area contributed by atoms with Crippen molar-refractivity contribution in [3.8, 4) is 11.5 Å². The Kier molecular flexibility index (Phi) is 4.09. The van der Waals surface area contributed by atoms with Crippen LogP contribution in [0.5, 0.6) is 11.5 Å². The third-order valence-corrected chi connectivity index (χ3v) is 3.29. The summed E-state index contributed by atoms with van der Waals surface area (Å²) in [5.41, 5.74) is 2.81. The fourth-order valence-corrected chi connectivity index (χ4v) is 2.40. The number of halogens is 2. The van der Waals surface area contributed by atoms with Gasteiger partial charge in [0.1, 0.15) is 0 Å². The number of allylic oxidation sites excluding steroid dienone is 2. The van der Waals surface area contributed by atoms with Crippen LogP contribution in [0.2, 0.25) is 0 Å². The molecule has 0 saturated heterocycles. The van der Waals surface area contributed by atoms with E-state index in [-0.39, 0.29) is 0 Å². The van der Waals surface area contributed by atoms with Gasteiger partial charge in [0.05, 0.1) is 0 Å². The van der Waals surface area contributed by atoms with Crippen LogP contribution in [0.1, 0.15) is 13.8 Å². The minimum absolute atomic E-state index is 0.402. The molecule has 108 valence electrons. The van der Waals surface area contributed by atoms with Crippen LogP contribution in [-0.4, -0.2) is 18.4 Å². The van der Waals surface area contributed by atoms with E-state index in [1.54, 1.807) is 12.1 Å². The minimum Gasteiger partial charge on any atom is -0.423 e. The van der Waals surface area contributed by atoms with E-state index in [4.69, 9.17) is 9.47 Å². The molecule has 0 radical (unpaired) electrons. The number of hydrogen-bond acceptors (Lipinski definition) is 3. The van der Waals surface area contributed by atoms with Gasteiger partial charge in [-0.05, 0) is 30.7 Å². The zero-order valence-corrected chi connectivity index (χ0v) is 13.3. The average molecular weight is 342 g/mol. The van der Waals surface area contributed by atoms with Crippen molar-refractivity contribution in [1.82, 2.24) is 0 Å². The number of nitrogens with zero attached hydrogens (tertiary/aromatic N) is 1. The summed E-state index contributed by atoms with van der Waals surface area (Å²) in [7, 11) is 1.93. The van der Waals surface area contributed by atoms with Crippen LogP contribution < -0.4 is 14.4 Å². The summed E-state index contributed by atoms with van der Waals surface area (Å²) in [6.07, 6.45) is 2.02. The van der Waals surface area contributed by atoms with Crippen molar-refractivity contribution in [2.24, 2.45) is 0 Å². The topological polar surface area (TPSA) is 21.7 Å². The van der Waals surface area contributed by atoms with E-state index < -0.39 is 6.04 Å². The van der Waals surface area contributed by atoms with E-state index in [9.17, 15) is 4.39 Å². The maximum Gasteiger partial charge on any atom is 0.404 e. The van der Waals surface area contributed by atoms with Gasteiger partial charge in [-0.25, -0.2) is 0 Å². The summed E-state index contributed by atoms with van der Waals surface area (Å²) in [5.74, 6) is 0.813. The highest BCUT2D eigenvalue weighted by Crippen LogP contribution is 2.42. The average Bonchev–Trinajstić information content (AvgIpc) is 2.67. The first kappa shape index (κ1) is 14.9. The molecule has 0 bridgehead atoms. The second kappa shape index (κ2) is 5.48. The standard InChI is InChI=1S/C15H17BrFNO2/c1-10(2)12(7-8-16)18(4)11-5-6-13-14(9-11)20-15(3,17)19-13/h5-7,9H,1,8H2,2-4H3/b12-7-. The zero-order chi connectivity index (χ0) is 14.9. The van der Waals surface area contributed by atoms with Crippen molar-refractivity contribution in [3.63, 3.8) is 0 Å². The van der Waals surface area contributed by atoms with Crippen molar-refractivity contribution >= 4 is 21.6 Å². The molecule has 0 N–H and O–H groups in total. The van der Waals surface area contributed by atoms with E-state index in [0.717, 1.165) is 22.3 Å². The summed E-state index contributed by atoms with van der Waals surface area (Å²) in [4.78, 5) is 1.97. The van der Waals surface area contributed by atoms with Gasteiger partial charge in [0.25, 0.3) is 0 Å². The summed E-state index contributed by atoms with van der Waals surface area (Å²) in [5, 5.41) is 0.729. The molecule has 3 nitrogen and oxygen atoms in total. The Labute approximate surface area is 126 Å². The molecule has 0 aliphatic carbocycles. The van der Waals surface area contributed by atoms with E-state index in [1.165, 1.54) is 6.92 Å². The molecule has 1 aromatic rings. The third kappa shape index (κ3) is 2.98. The van der Waals surface area contributed by atoms with Crippen LogP contribution in [0.15, 0.2) is 42.1 Å². The van der Waals surface area contributed by atoms with Crippen LogP contribution in [-0.2, 0) is 0 Å². The summed E-state index contributed by atoms with van der Waals surface area (Å²) >= 11 is 3.39. The zero-order valence-electron chi connectivity index (χ0n) is 11.7. The van der Waals surface area contributed by atoms with Crippen molar-refractivity contribution in [1.29, 1.82) is 0 Å². The summed E-state index contributed by atoms with van der Waals surface area (Å²) in [6.45, 7) is 7.15. The highest BCUT2D eigenvalue weighted by atomic mass is 79.9. The van der Waals surface area contributed by atoms with Crippen LogP contribution in [0, 0.1) is 0 Å². The van der Waals surface area contributed by atoms with Crippen LogP contribution in [0.3, 0.4) is 0 Å². The highest BCUT2D eigenvalue weighted by Gasteiger charge is 2.36. The maximum atomic E-state index is 13.7. The van der Waals surface area contributed by atoms with Gasteiger partial charge in [-0.3, -0.25) is 0 Å². The number of hydrogen-bond donors (Lipinski definition) is 0. The summed E-state index contributed by atoms with van der Waals surface area (Å²) < 4.78 is 23.8. The molecule has 1 atom stereocenters. The van der Waals surface area contributed by atoms with Crippen molar-refractivity contribution in [2.45, 2.75) is 19.9 Å². The monoisotopic (exact) mass is 341 g/mol. The highest BCUT2D eigenvalue weighted by molar-refractivity contribution is 9.09. The molecule has 1 unspecified atom stereocenters. The maximum absolute atomic E-state index is 13.7. The second-order valence-electron chi connectivity index (χ2n) is 4.75. The summed E-state index contributed by atoms with van der Waals surface area (Å²) in [6, 6.07) is 3.22. The molecular formula is C15H17BrFNO2. The molecule has 0 fully saturated rings. The van der Waals surface area contributed by atoms with Gasteiger partial charge in [0.15, 0.2) is 11.5 Å². The third-order valence-electron chi connectivity index (χ3n) is 2.97. The fourth-order valence-electron chi connectivity index (χ4n) is 2.09. The lowest BCUT2D eigenvalue weighted by Gasteiger charge is -2.23. The minimum atomic E-state index is -2.09. The Bertz CT molecular complexity index is 569. The molecule has 20 heavy (non-hydrogen) atoms. The molecule has 1 aromatic carbocycles. The van der Waals surface area contributed by atoms with Crippen LogP contribution in [0.4, 0.5) is 10.1 Å². The molecule has 1 heterocycles. The Morgan fingerprint density at radius 2 is 2.10 bits per heavy atom. The smallest absolute Gasteiger partial charge is 0.404 e. The Balaban J connectivity index is 2.31. The lowest BCUT2D eigenvalue weighted by atomic mass is 10.2. The molecule has 0 amide bonds. The molecule has 0 spiro atoms. The first-order valence-electron chi connectivity index (χ1n) is 6.21. The predicted molar refractivity (Wildman–Crippen MR) is 82.3 cm³/mol. The van der Waals surface area contributed by atoms with Crippen molar-refractivity contribution in [2.75, 3.05) is 17.3 Å². The van der Waals surface area contributed by atoms with Gasteiger partial charge in [-0.2, -0.15) is 4.39 Å². The van der Waals surface area contributed by atoms with Gasteiger partial charge in [-0.1, -0.05) is 22.5 Å². The first-order valence-corrected chi connectivity index (χ1v) is 7.33. The fraction of sp³-hybridized carbons (Fsp3) is 0.333. The number of ether oxygens (including phenoxy) is 2. The van der Waals surface area contributed by atoms with Crippen LogP contribution >= 0.6 is 15.9 Å². The Morgan fingerprint density at radius 3 is 2.70 bits per heavy atom. The largest absolute Gasteiger partial charge is 0.423 e. The molecule has 1 aliphatic heterocycles. The van der Waals surface area contributed by atoms with Gasteiger partial charge >= 0.3 is 6.04 Å². The van der Waals surface area contributed by atoms with Crippen molar-refractivity contribution < 1.29 is 13.9 Å². The van der Waals surface area contributed by atoms with E-state index >= 15 is 0 Å². The van der Waals surface area contributed by atoms with Gasteiger partial charge in [-0.15, -0.1) is 0 Å². The SMILES string of the molecule is C=C(C)/C(=C/CBr)N(C)c1ccc2c(c1)OC(C)(F)O2. The number of alkyl halides is 2. The van der Waals surface area contributed by atoms with Crippen molar-refractivity contribution in [3.05, 3.63) is 42.1 Å². The number of benzene rings is 1. The lowest BCUT2D eigenvalue weighted by Crippen LogP contribution is -2.27. The van der Waals surface area contributed by atoms with Gasteiger partial charge in [0.2, 0.25) is 0 Å². The normalized spacial score (nSPS) is 20.9. The van der Waals surface area contributed by atoms with E-state index in [0.29, 0.717) is 11.5 Å². The van der Waals surface area contributed by atoms with Gasteiger partial charge in [0, 0.05) is 36.8 Å². The molecule has 2 rings (SSSR count). The number of fused-ring (bicyclic) bond motifs is 1. The predicted octanol–water partition coefficient (Wildman–Crippen LogP) is 4.39. The van der Waals surface area contributed by atoms with Crippen LogP contribution in [0.25, 0.3) is 0 Å². The molecular weight excluding hydrogens is 325 g/mol. The van der Waals surface area contributed by atoms with E-state index in [2.05, 4.69) is 22.5 Å². The number of rotatable bonds is 4.